The lowest BCUT2D eigenvalue weighted by atomic mass is 10.0. The molecule has 2 amide bonds. The largest absolute Gasteiger partial charge is 0.355 e. The normalized spacial score (nSPS) is 19.6. The summed E-state index contributed by atoms with van der Waals surface area (Å²) in [6, 6.07) is 3.91. The molecule has 1 fully saturated rings. The number of hydrogen-bond acceptors (Lipinski definition) is 5. The Hall–Kier alpha value is -1.45. The molecule has 1 aromatic carbocycles. The van der Waals surface area contributed by atoms with E-state index in [1.807, 2.05) is 6.07 Å². The first kappa shape index (κ1) is 23.2. The molecule has 1 aromatic rings. The van der Waals surface area contributed by atoms with E-state index in [-0.39, 0.29) is 28.9 Å². The van der Waals surface area contributed by atoms with Crippen molar-refractivity contribution in [2.45, 2.75) is 56.9 Å². The number of anilines is 1. The molecule has 9 heteroatoms. The molecule has 0 bridgehead atoms. The zero-order valence-electron chi connectivity index (χ0n) is 17.6. The van der Waals surface area contributed by atoms with Crippen LogP contribution in [0.2, 0.25) is 0 Å². The van der Waals surface area contributed by atoms with Gasteiger partial charge in [0.2, 0.25) is 11.8 Å². The fraction of sp³-hybridized carbons (Fsp3) is 0.619. The number of piperidine rings is 1. The minimum absolute atomic E-state index is 0.0980. The van der Waals surface area contributed by atoms with Crippen LogP contribution < -0.4 is 10.2 Å². The second-order valence-corrected chi connectivity index (χ2v) is 11.1. The van der Waals surface area contributed by atoms with Crippen LogP contribution in [0, 0.1) is 0 Å². The third-order valence-corrected chi connectivity index (χ3v) is 8.15. The zero-order valence-corrected chi connectivity index (χ0v) is 20.0. The van der Waals surface area contributed by atoms with Crippen molar-refractivity contribution in [3.05, 3.63) is 22.2 Å². The van der Waals surface area contributed by atoms with Gasteiger partial charge in [0.15, 0.2) is 9.84 Å². The molecule has 2 aliphatic rings. The Morgan fingerprint density at radius 2 is 2.00 bits per heavy atom. The van der Waals surface area contributed by atoms with Gasteiger partial charge >= 0.3 is 0 Å². The van der Waals surface area contributed by atoms with Gasteiger partial charge in [-0.25, -0.2) is 8.42 Å². The highest BCUT2D eigenvalue weighted by Gasteiger charge is 2.31. The molecule has 0 aliphatic carbocycles. The SMILES string of the molecule is CC(=O)N1CCc2cc(Br)cc(S(=O)(=O)CCC(=O)NCCN3CCCC[C@@H]3C)c21. The van der Waals surface area contributed by atoms with Crippen molar-refractivity contribution in [3.63, 3.8) is 0 Å². The number of fused-ring (bicyclic) bond motifs is 1. The molecule has 0 spiro atoms. The van der Waals surface area contributed by atoms with E-state index in [0.29, 0.717) is 35.7 Å². The Morgan fingerprint density at radius 3 is 2.70 bits per heavy atom. The summed E-state index contributed by atoms with van der Waals surface area (Å²) in [7, 11) is -3.72. The second kappa shape index (κ2) is 9.78. The van der Waals surface area contributed by atoms with Gasteiger partial charge in [0.1, 0.15) is 0 Å². The van der Waals surface area contributed by atoms with E-state index in [1.54, 1.807) is 0 Å². The van der Waals surface area contributed by atoms with Crippen molar-refractivity contribution in [1.29, 1.82) is 0 Å². The fourth-order valence-corrected chi connectivity index (χ4v) is 6.45. The van der Waals surface area contributed by atoms with Crippen LogP contribution >= 0.6 is 15.9 Å². The monoisotopic (exact) mass is 499 g/mol. The van der Waals surface area contributed by atoms with Crippen molar-refractivity contribution in [2.75, 3.05) is 36.8 Å². The molecule has 1 saturated heterocycles. The fourth-order valence-electron chi connectivity index (χ4n) is 4.28. The summed E-state index contributed by atoms with van der Waals surface area (Å²) in [6.07, 6.45) is 4.14. The van der Waals surface area contributed by atoms with Gasteiger partial charge in [0, 0.05) is 43.5 Å². The van der Waals surface area contributed by atoms with Crippen molar-refractivity contribution in [1.82, 2.24) is 10.2 Å². The highest BCUT2D eigenvalue weighted by Crippen LogP contribution is 2.38. The average Bonchev–Trinajstić information content (AvgIpc) is 3.11. The van der Waals surface area contributed by atoms with Gasteiger partial charge in [0.05, 0.1) is 16.3 Å². The van der Waals surface area contributed by atoms with Crippen LogP contribution in [0.15, 0.2) is 21.5 Å². The molecule has 2 aliphatic heterocycles. The molecule has 166 valence electrons. The van der Waals surface area contributed by atoms with Crippen molar-refractivity contribution >= 4 is 43.3 Å². The molecule has 1 N–H and O–H groups in total. The van der Waals surface area contributed by atoms with Gasteiger partial charge in [-0.05, 0) is 50.4 Å². The lowest BCUT2D eigenvalue weighted by molar-refractivity contribution is -0.120. The number of rotatable bonds is 7. The van der Waals surface area contributed by atoms with E-state index in [2.05, 4.69) is 33.1 Å². The molecule has 0 unspecified atom stereocenters. The van der Waals surface area contributed by atoms with Crippen LogP contribution in [0.1, 0.15) is 45.1 Å². The van der Waals surface area contributed by atoms with E-state index >= 15 is 0 Å². The standard InChI is InChI=1S/C21H30BrN3O4S/c1-15-5-3-4-9-24(15)11-8-23-20(27)7-12-30(28,29)19-14-18(22)13-17-6-10-25(16(2)26)21(17)19/h13-15H,3-12H2,1-2H3,(H,23,27)/t15-/m0/s1. The first-order valence-corrected chi connectivity index (χ1v) is 13.0. The number of nitrogens with one attached hydrogen (secondary N) is 1. The maximum absolute atomic E-state index is 13.0. The van der Waals surface area contributed by atoms with E-state index in [0.717, 1.165) is 18.7 Å². The van der Waals surface area contributed by atoms with E-state index < -0.39 is 9.84 Å². The van der Waals surface area contributed by atoms with Crippen molar-refractivity contribution in [3.8, 4) is 0 Å². The number of nitrogens with zero attached hydrogens (tertiary/aromatic N) is 2. The zero-order chi connectivity index (χ0) is 21.9. The molecule has 0 aromatic heterocycles. The third kappa shape index (κ3) is 5.42. The lowest BCUT2D eigenvalue weighted by Crippen LogP contribution is -2.42. The Kier molecular flexibility index (Phi) is 7.57. The molecule has 3 rings (SSSR count). The van der Waals surface area contributed by atoms with E-state index in [4.69, 9.17) is 0 Å². The molecular weight excluding hydrogens is 470 g/mol. The molecule has 30 heavy (non-hydrogen) atoms. The molecular formula is C21H30BrN3O4S. The van der Waals surface area contributed by atoms with Gasteiger partial charge < -0.3 is 10.2 Å². The summed E-state index contributed by atoms with van der Waals surface area (Å²) < 4.78 is 26.7. The van der Waals surface area contributed by atoms with Gasteiger partial charge in [0.25, 0.3) is 0 Å². The Morgan fingerprint density at radius 1 is 1.23 bits per heavy atom. The van der Waals surface area contributed by atoms with Crippen LogP contribution in [-0.2, 0) is 25.8 Å². The number of likely N-dealkylation sites (tertiary alicyclic amines) is 1. The number of amides is 2. The number of benzene rings is 1. The topological polar surface area (TPSA) is 86.8 Å². The summed E-state index contributed by atoms with van der Waals surface area (Å²) >= 11 is 3.37. The molecule has 2 heterocycles. The van der Waals surface area contributed by atoms with Gasteiger partial charge in [-0.2, -0.15) is 0 Å². The van der Waals surface area contributed by atoms with Crippen LogP contribution in [0.5, 0.6) is 0 Å². The van der Waals surface area contributed by atoms with Crippen LogP contribution in [0.3, 0.4) is 0 Å². The number of carbonyl (C=O) groups excluding carboxylic acids is 2. The average molecular weight is 500 g/mol. The number of halogens is 1. The number of carbonyl (C=O) groups is 2. The summed E-state index contributed by atoms with van der Waals surface area (Å²) in [5, 5.41) is 2.85. The highest BCUT2D eigenvalue weighted by atomic mass is 79.9. The summed E-state index contributed by atoms with van der Waals surface area (Å²) in [5.74, 6) is -0.733. The molecule has 0 saturated carbocycles. The Labute approximate surface area is 187 Å². The first-order valence-electron chi connectivity index (χ1n) is 10.5. The smallest absolute Gasteiger partial charge is 0.223 e. The van der Waals surface area contributed by atoms with Crippen molar-refractivity contribution in [2.24, 2.45) is 0 Å². The van der Waals surface area contributed by atoms with E-state index in [1.165, 1.54) is 37.2 Å². The van der Waals surface area contributed by atoms with E-state index in [9.17, 15) is 18.0 Å². The molecule has 0 radical (unpaired) electrons. The summed E-state index contributed by atoms with van der Waals surface area (Å²) in [4.78, 5) is 28.2. The predicted molar refractivity (Wildman–Crippen MR) is 120 cm³/mol. The minimum Gasteiger partial charge on any atom is -0.355 e. The highest BCUT2D eigenvalue weighted by molar-refractivity contribution is 9.10. The third-order valence-electron chi connectivity index (χ3n) is 5.97. The predicted octanol–water partition coefficient (Wildman–Crippen LogP) is 2.51. The van der Waals surface area contributed by atoms with Crippen LogP contribution in [0.4, 0.5) is 5.69 Å². The van der Waals surface area contributed by atoms with Crippen LogP contribution in [-0.4, -0.2) is 63.1 Å². The van der Waals surface area contributed by atoms with Crippen molar-refractivity contribution < 1.29 is 18.0 Å². The number of sulfone groups is 1. The first-order chi connectivity index (χ1) is 14.2. The van der Waals surface area contributed by atoms with Gasteiger partial charge in [-0.3, -0.25) is 14.5 Å². The summed E-state index contributed by atoms with van der Waals surface area (Å²) in [6.45, 7) is 6.46. The lowest BCUT2D eigenvalue weighted by Gasteiger charge is -2.33. The molecule has 7 nitrogen and oxygen atoms in total. The second-order valence-electron chi connectivity index (χ2n) is 8.13. The summed E-state index contributed by atoms with van der Waals surface area (Å²) in [5.41, 5.74) is 1.29. The van der Waals surface area contributed by atoms with Gasteiger partial charge in [-0.1, -0.05) is 22.4 Å². The number of hydrogen-bond donors (Lipinski definition) is 1. The van der Waals surface area contributed by atoms with Crippen LogP contribution in [0.25, 0.3) is 0 Å². The Bertz CT molecular complexity index is 919. The molecule has 1 atom stereocenters. The maximum atomic E-state index is 13.0. The minimum atomic E-state index is -3.72. The maximum Gasteiger partial charge on any atom is 0.223 e. The quantitative estimate of drug-likeness (QED) is 0.622. The Balaban J connectivity index is 1.60. The van der Waals surface area contributed by atoms with Gasteiger partial charge in [-0.15, -0.1) is 0 Å².